The number of methoxy groups -OCH3 is 1. The maximum Gasteiger partial charge on any atom is 0.407 e. The first kappa shape index (κ1) is 38.1. The molecule has 3 atom stereocenters. The number of aldehydes is 1. The van der Waals surface area contributed by atoms with Gasteiger partial charge in [0.05, 0.1) is 48.9 Å². The van der Waals surface area contributed by atoms with Crippen LogP contribution in [0.1, 0.15) is 64.6 Å². The topological polar surface area (TPSA) is 160 Å². The third kappa shape index (κ3) is 8.74. The van der Waals surface area contributed by atoms with Gasteiger partial charge in [0, 0.05) is 42.3 Å². The quantitative estimate of drug-likeness (QED) is 0.0833. The molecule has 16 heteroatoms. The number of ether oxygens (including phenoxy) is 3. The molecule has 49 heavy (non-hydrogen) atoms. The van der Waals surface area contributed by atoms with E-state index >= 15 is 0 Å². The van der Waals surface area contributed by atoms with E-state index in [0.29, 0.717) is 45.1 Å². The van der Waals surface area contributed by atoms with Gasteiger partial charge < -0.3 is 24.6 Å². The number of aliphatic hydroxyl groups excluding tert-OH is 1. The maximum absolute atomic E-state index is 12.2. The Balaban J connectivity index is 0.00000265. The Kier molecular flexibility index (Phi) is 12.7. The number of hydrogen-bond donors (Lipinski definition) is 2. The van der Waals surface area contributed by atoms with Crippen molar-refractivity contribution in [1.82, 2.24) is 39.4 Å². The van der Waals surface area contributed by atoms with Gasteiger partial charge >= 0.3 is 6.09 Å². The minimum atomic E-state index is -0.662. The van der Waals surface area contributed by atoms with E-state index in [1.807, 2.05) is 49.5 Å². The normalized spacial score (nSPS) is 13.0. The molecule has 5 aromatic rings. The highest BCUT2D eigenvalue weighted by Crippen LogP contribution is 2.40. The van der Waals surface area contributed by atoms with Crippen LogP contribution in [0.15, 0.2) is 30.5 Å². The lowest BCUT2D eigenvalue weighted by molar-refractivity contribution is 0.0503. The second kappa shape index (κ2) is 16.4. The summed E-state index contributed by atoms with van der Waals surface area (Å²) in [6.07, 6.45) is 1.21. The number of aryl methyl sites for hydroxylation is 1. The highest BCUT2D eigenvalue weighted by molar-refractivity contribution is 14.2. The molecule has 1 aromatic carbocycles. The summed E-state index contributed by atoms with van der Waals surface area (Å²) in [6.45, 7) is 13.6. The number of aromatic nitrogens is 7. The van der Waals surface area contributed by atoms with E-state index in [-0.39, 0.29) is 26.1 Å². The van der Waals surface area contributed by atoms with Gasteiger partial charge in [-0.05, 0) is 74.9 Å². The van der Waals surface area contributed by atoms with Gasteiger partial charge in [0.1, 0.15) is 23.1 Å². The fourth-order valence-electron chi connectivity index (χ4n) is 5.22. The zero-order chi connectivity index (χ0) is 36.0. The summed E-state index contributed by atoms with van der Waals surface area (Å²) < 4.78 is 22.2. The van der Waals surface area contributed by atoms with E-state index in [4.69, 9.17) is 24.3 Å². The molecule has 5 rings (SSSR count). The Morgan fingerprint density at radius 1 is 1.12 bits per heavy atom. The number of nitrogens with zero attached hydrogens (tertiary/aromatic N) is 7. The summed E-state index contributed by atoms with van der Waals surface area (Å²) in [5.74, 6) is 0.490. The van der Waals surface area contributed by atoms with Gasteiger partial charge in [0.25, 0.3) is 0 Å². The predicted octanol–water partition coefficient (Wildman–Crippen LogP) is 6.30. The smallest absolute Gasteiger partial charge is 0.407 e. The number of fused-ring (bicyclic) bond motifs is 2. The number of nitrogens with one attached hydrogen (secondary N) is 1. The summed E-state index contributed by atoms with van der Waals surface area (Å²) in [7, 11) is 3.39. The van der Waals surface area contributed by atoms with Gasteiger partial charge in [-0.25, -0.2) is 18.9 Å². The predicted molar refractivity (Wildman–Crippen MR) is 200 cm³/mol. The molecule has 1 amide bonds. The van der Waals surface area contributed by atoms with Crippen molar-refractivity contribution in [2.45, 2.75) is 79.4 Å². The zero-order valence-electron chi connectivity index (χ0n) is 29.2. The molecule has 0 aliphatic carbocycles. The Bertz CT molecular complexity index is 1930. The molecule has 0 fully saturated rings. The lowest BCUT2D eigenvalue weighted by Crippen LogP contribution is -2.37. The Morgan fingerprint density at radius 2 is 1.84 bits per heavy atom. The number of carbonyl (C=O) groups excluding carboxylic acids is 2. The molecule has 0 aliphatic heterocycles. The molecule has 2 N–H and O–H groups in total. The van der Waals surface area contributed by atoms with Crippen LogP contribution in [0.3, 0.4) is 0 Å². The van der Waals surface area contributed by atoms with E-state index in [2.05, 4.69) is 37.6 Å². The summed E-state index contributed by atoms with van der Waals surface area (Å²) in [5, 5.41) is 28.2. The molecule has 0 aliphatic rings. The largest absolute Gasteiger partial charge is 0.472 e. The standard InChI is InChI=1S/C31H38IN8O6P.C2H6/c1-17(42)14-39-25(15-41)21-10-19(8-9-23(21)36-39)27-22-11-20(13-33-28(22)40(37-27)47-32)26-24(16-44-7)35-38(6)29(26)45-18(2)12-34-30(43)46-31(3,4)5;1-2/h8-11,13,15,17-18,42,47H,12,14,16H2,1-7H3,(H,34,43);1-2H3. The van der Waals surface area contributed by atoms with E-state index in [9.17, 15) is 14.7 Å². The summed E-state index contributed by atoms with van der Waals surface area (Å²) in [4.78, 5) is 29.2. The second-order valence-electron chi connectivity index (χ2n) is 12.2. The fourth-order valence-corrected chi connectivity index (χ4v) is 6.63. The Morgan fingerprint density at radius 3 is 2.47 bits per heavy atom. The van der Waals surface area contributed by atoms with Crippen molar-refractivity contribution in [3.05, 3.63) is 41.9 Å². The first-order valence-electron chi connectivity index (χ1n) is 15.9. The van der Waals surface area contributed by atoms with Gasteiger partial charge in [-0.15, -0.1) is 0 Å². The molecule has 4 heterocycles. The molecule has 0 saturated heterocycles. The summed E-state index contributed by atoms with van der Waals surface area (Å²) in [6, 6.07) is 7.67. The molecule has 0 bridgehead atoms. The lowest BCUT2D eigenvalue weighted by atomic mass is 10.0. The van der Waals surface area contributed by atoms with Gasteiger partial charge in [-0.1, -0.05) is 19.9 Å². The van der Waals surface area contributed by atoms with Crippen LogP contribution in [0.25, 0.3) is 44.3 Å². The molecular weight excluding hydrogens is 762 g/mol. The van der Waals surface area contributed by atoms with Crippen molar-refractivity contribution in [3.63, 3.8) is 0 Å². The van der Waals surface area contributed by atoms with Crippen molar-refractivity contribution < 1.29 is 28.9 Å². The number of benzene rings is 1. The molecule has 0 saturated carbocycles. The number of pyridine rings is 1. The van der Waals surface area contributed by atoms with E-state index in [1.165, 1.54) is 4.68 Å². The SMILES string of the molecule is CC.COCc1nn(C)c(OC(C)CNC(=O)OC(C)(C)C)c1-c1cnc2c(c1)c(-c1ccc3nn(CC(C)O)c(C=O)c3c1)nn2PI. The van der Waals surface area contributed by atoms with Gasteiger partial charge in [-0.3, -0.25) is 9.48 Å². The van der Waals surface area contributed by atoms with Crippen LogP contribution in [0.5, 0.6) is 5.88 Å². The van der Waals surface area contributed by atoms with Crippen molar-refractivity contribution in [2.24, 2.45) is 7.05 Å². The van der Waals surface area contributed by atoms with Crippen molar-refractivity contribution in [1.29, 1.82) is 0 Å². The number of hydrogen-bond acceptors (Lipinski definition) is 10. The zero-order valence-corrected chi connectivity index (χ0v) is 32.4. The van der Waals surface area contributed by atoms with Crippen molar-refractivity contribution in [3.8, 4) is 28.3 Å². The lowest BCUT2D eigenvalue weighted by Gasteiger charge is -2.21. The highest BCUT2D eigenvalue weighted by Gasteiger charge is 2.25. The first-order valence-corrected chi connectivity index (χ1v) is 20.0. The fraction of sp³-hybridized carbons (Fsp3) is 0.455. The molecule has 0 spiro atoms. The van der Waals surface area contributed by atoms with Crippen LogP contribution in [0.4, 0.5) is 4.79 Å². The molecular formula is C33H44IN8O6P. The van der Waals surface area contributed by atoms with Crippen molar-refractivity contribution >= 4 is 62.7 Å². The van der Waals surface area contributed by atoms with E-state index < -0.39 is 23.9 Å². The minimum Gasteiger partial charge on any atom is -0.472 e. The van der Waals surface area contributed by atoms with Crippen LogP contribution in [-0.4, -0.2) is 83.0 Å². The average Bonchev–Trinajstić information content (AvgIpc) is 3.69. The Hall–Kier alpha value is -3.66. The van der Waals surface area contributed by atoms with Gasteiger partial charge in [0.2, 0.25) is 5.88 Å². The average molecular weight is 807 g/mol. The van der Waals surface area contributed by atoms with Gasteiger partial charge in [-0.2, -0.15) is 15.3 Å². The van der Waals surface area contributed by atoms with Crippen LogP contribution >= 0.6 is 28.4 Å². The summed E-state index contributed by atoms with van der Waals surface area (Å²) >= 11 is 2.27. The monoisotopic (exact) mass is 806 g/mol. The van der Waals surface area contributed by atoms with Crippen LogP contribution < -0.4 is 10.1 Å². The van der Waals surface area contributed by atoms with Gasteiger partial charge in [0.15, 0.2) is 11.9 Å². The van der Waals surface area contributed by atoms with Crippen LogP contribution in [-0.2, 0) is 29.7 Å². The molecule has 14 nitrogen and oxygen atoms in total. The van der Waals surface area contributed by atoms with Crippen LogP contribution in [0.2, 0.25) is 0 Å². The molecule has 3 unspecified atom stereocenters. The number of amides is 1. The van der Waals surface area contributed by atoms with E-state index in [0.717, 1.165) is 22.8 Å². The minimum absolute atomic E-state index is 0.202. The second-order valence-corrected chi connectivity index (χ2v) is 14.2. The molecule has 0 radical (unpaired) electrons. The third-order valence-corrected chi connectivity index (χ3v) is 8.93. The summed E-state index contributed by atoms with van der Waals surface area (Å²) in [5.41, 5.74) is 4.71. The number of halogens is 1. The maximum atomic E-state index is 12.2. The van der Waals surface area contributed by atoms with Crippen LogP contribution in [0, 0.1) is 0 Å². The number of rotatable bonds is 12. The highest BCUT2D eigenvalue weighted by atomic mass is 127. The first-order chi connectivity index (χ1) is 23.3. The van der Waals surface area contributed by atoms with E-state index in [1.54, 1.807) is 52.7 Å². The molecule has 4 aromatic heterocycles. The Labute approximate surface area is 300 Å². The number of alkyl carbamates (subject to hydrolysis) is 1. The number of aliphatic hydroxyl groups is 1. The number of carbonyl (C=O) groups is 2. The third-order valence-electron chi connectivity index (χ3n) is 7.09. The molecule has 264 valence electrons. The van der Waals surface area contributed by atoms with Crippen molar-refractivity contribution in [2.75, 3.05) is 13.7 Å².